The Labute approximate surface area is 204 Å². The molecule has 0 atom stereocenters. The smallest absolute Gasteiger partial charge is 0.416 e. The van der Waals surface area contributed by atoms with Crippen LogP contribution in [0.4, 0.5) is 18.3 Å². The average Bonchev–Trinajstić information content (AvgIpc) is 3.18. The van der Waals surface area contributed by atoms with Gasteiger partial charge in [0.1, 0.15) is 5.75 Å². The van der Waals surface area contributed by atoms with E-state index < -0.39 is 17.6 Å². The van der Waals surface area contributed by atoms with E-state index >= 15 is 0 Å². The summed E-state index contributed by atoms with van der Waals surface area (Å²) < 4.78 is 39.2. The van der Waals surface area contributed by atoms with Gasteiger partial charge in [0.2, 0.25) is 0 Å². The van der Waals surface area contributed by atoms with Gasteiger partial charge in [0.15, 0.2) is 5.13 Å². The molecule has 0 aliphatic heterocycles. The number of aromatic nitrogens is 1. The number of hydrogen-bond acceptors (Lipinski definition) is 4. The predicted molar refractivity (Wildman–Crippen MR) is 133 cm³/mol. The summed E-state index contributed by atoms with van der Waals surface area (Å²) in [5.74, 6) is -0.948. The summed E-state index contributed by atoms with van der Waals surface area (Å²) in [5.41, 5.74) is 1.56. The molecule has 0 saturated carbocycles. The van der Waals surface area contributed by atoms with Crippen molar-refractivity contribution in [1.82, 2.24) is 4.98 Å². The quantitative estimate of drug-likeness (QED) is 0.331. The Kier molecular flexibility index (Phi) is 7.84. The largest absolute Gasteiger partial charge is 0.506 e. The van der Waals surface area contributed by atoms with E-state index in [0.717, 1.165) is 35.5 Å². The van der Waals surface area contributed by atoms with Gasteiger partial charge in [-0.2, -0.15) is 13.2 Å². The fourth-order valence-electron chi connectivity index (χ4n) is 3.09. The van der Waals surface area contributed by atoms with Gasteiger partial charge in [0.05, 0.1) is 21.3 Å². The number of thiazole rings is 1. The summed E-state index contributed by atoms with van der Waals surface area (Å²) in [6.07, 6.45) is 3.67. The third kappa shape index (κ3) is 5.87. The monoisotopic (exact) mass is 506 g/mol. The number of halogens is 4. The standard InChI is InChI=1S/C25H22ClF3N2O2S/c1-4-6-7-15(10-14(3)5-2)18-12-17(26)13-19(22(18)32)23(33)31-24-30-20-9-8-16(25(27,28)29)11-21(20)34-24/h4,6-13,32H,5H2,1-3H3,(H,30,31,33)/b6-4-,14-10+,15-7+. The summed E-state index contributed by atoms with van der Waals surface area (Å²) >= 11 is 7.17. The SMILES string of the molecule is C\C=C/C=C(\C=C(/C)CC)c1cc(Cl)cc(C(=O)Nc2nc3ccc(C(F)(F)F)cc3s2)c1O. The molecule has 0 aliphatic rings. The Hall–Kier alpha value is -3.10. The number of benzene rings is 2. The summed E-state index contributed by atoms with van der Waals surface area (Å²) in [5, 5.41) is 13.8. The highest BCUT2D eigenvalue weighted by atomic mass is 35.5. The first-order chi connectivity index (χ1) is 16.0. The molecule has 0 radical (unpaired) electrons. The minimum Gasteiger partial charge on any atom is -0.506 e. The van der Waals surface area contributed by atoms with Crippen LogP contribution in [0.1, 0.15) is 48.7 Å². The normalized spacial score (nSPS) is 13.1. The molecule has 34 heavy (non-hydrogen) atoms. The molecule has 4 nitrogen and oxygen atoms in total. The van der Waals surface area contributed by atoms with E-state index in [0.29, 0.717) is 16.7 Å². The Morgan fingerprint density at radius 2 is 1.94 bits per heavy atom. The van der Waals surface area contributed by atoms with Gasteiger partial charge in [0, 0.05) is 10.6 Å². The highest BCUT2D eigenvalue weighted by molar-refractivity contribution is 7.22. The van der Waals surface area contributed by atoms with Crippen molar-refractivity contribution < 1.29 is 23.1 Å². The molecule has 178 valence electrons. The molecular weight excluding hydrogens is 485 g/mol. The first-order valence-electron chi connectivity index (χ1n) is 10.4. The van der Waals surface area contributed by atoms with Gasteiger partial charge in [0.25, 0.3) is 5.91 Å². The second-order valence-electron chi connectivity index (χ2n) is 7.49. The maximum atomic E-state index is 13.0. The number of phenols is 1. The van der Waals surface area contributed by atoms with E-state index in [9.17, 15) is 23.1 Å². The summed E-state index contributed by atoms with van der Waals surface area (Å²) in [6.45, 7) is 5.82. The Bertz CT molecular complexity index is 1320. The van der Waals surface area contributed by atoms with Crippen molar-refractivity contribution in [1.29, 1.82) is 0 Å². The van der Waals surface area contributed by atoms with E-state index in [2.05, 4.69) is 10.3 Å². The number of nitrogens with zero attached hydrogens (tertiary/aromatic N) is 1. The molecular formula is C25H22ClF3N2O2S. The van der Waals surface area contributed by atoms with Crippen molar-refractivity contribution >= 4 is 49.8 Å². The van der Waals surface area contributed by atoms with Crippen LogP contribution in [0.3, 0.4) is 0 Å². The number of aromatic hydroxyl groups is 1. The molecule has 0 aliphatic carbocycles. The molecule has 2 aromatic carbocycles. The van der Waals surface area contributed by atoms with Crippen LogP contribution in [0.5, 0.6) is 5.75 Å². The Morgan fingerprint density at radius 3 is 2.59 bits per heavy atom. The molecule has 1 amide bonds. The van der Waals surface area contributed by atoms with E-state index in [1.165, 1.54) is 12.1 Å². The topological polar surface area (TPSA) is 62.2 Å². The van der Waals surface area contributed by atoms with Crippen LogP contribution >= 0.6 is 22.9 Å². The number of carbonyl (C=O) groups excluding carboxylic acids is 1. The Balaban J connectivity index is 1.99. The number of rotatable bonds is 6. The highest BCUT2D eigenvalue weighted by Gasteiger charge is 2.31. The van der Waals surface area contributed by atoms with Crippen LogP contribution in [-0.4, -0.2) is 16.0 Å². The fourth-order valence-corrected chi connectivity index (χ4v) is 4.21. The fraction of sp³-hybridized carbons (Fsp3) is 0.200. The zero-order chi connectivity index (χ0) is 25.0. The number of carbonyl (C=O) groups is 1. The lowest BCUT2D eigenvalue weighted by Gasteiger charge is -2.12. The molecule has 0 unspecified atom stereocenters. The molecule has 0 saturated heterocycles. The molecule has 0 bridgehead atoms. The minimum atomic E-state index is -4.48. The van der Waals surface area contributed by atoms with E-state index in [1.54, 1.807) is 12.1 Å². The maximum Gasteiger partial charge on any atom is 0.416 e. The number of nitrogens with one attached hydrogen (secondary N) is 1. The van der Waals surface area contributed by atoms with Crippen molar-refractivity contribution in [3.63, 3.8) is 0 Å². The van der Waals surface area contributed by atoms with E-state index in [4.69, 9.17) is 11.6 Å². The molecule has 1 aromatic heterocycles. The zero-order valence-electron chi connectivity index (χ0n) is 18.6. The second kappa shape index (κ2) is 10.4. The lowest BCUT2D eigenvalue weighted by atomic mass is 9.98. The second-order valence-corrected chi connectivity index (χ2v) is 8.96. The van der Waals surface area contributed by atoms with Gasteiger partial charge in [-0.05, 0) is 56.2 Å². The van der Waals surface area contributed by atoms with Crippen molar-refractivity contribution in [3.05, 3.63) is 81.9 Å². The van der Waals surface area contributed by atoms with Crippen molar-refractivity contribution in [2.45, 2.75) is 33.4 Å². The summed E-state index contributed by atoms with van der Waals surface area (Å²) in [4.78, 5) is 17.1. The van der Waals surface area contributed by atoms with Crippen LogP contribution in [-0.2, 0) is 6.18 Å². The lowest BCUT2D eigenvalue weighted by Crippen LogP contribution is -2.12. The zero-order valence-corrected chi connectivity index (χ0v) is 20.2. The van der Waals surface area contributed by atoms with Crippen LogP contribution in [0, 0.1) is 0 Å². The van der Waals surface area contributed by atoms with Crippen LogP contribution in [0.25, 0.3) is 15.8 Å². The van der Waals surface area contributed by atoms with Crippen LogP contribution < -0.4 is 5.32 Å². The molecule has 0 spiro atoms. The van der Waals surface area contributed by atoms with Crippen LogP contribution in [0.2, 0.25) is 5.02 Å². The third-order valence-corrected chi connectivity index (χ3v) is 6.15. The molecule has 9 heteroatoms. The number of amides is 1. The number of alkyl halides is 3. The van der Waals surface area contributed by atoms with Gasteiger partial charge in [-0.15, -0.1) is 0 Å². The number of fused-ring (bicyclic) bond motifs is 1. The van der Waals surface area contributed by atoms with E-state index in [1.807, 2.05) is 39.0 Å². The number of anilines is 1. The molecule has 3 rings (SSSR count). The van der Waals surface area contributed by atoms with Crippen molar-refractivity contribution in [2.75, 3.05) is 5.32 Å². The van der Waals surface area contributed by atoms with Crippen molar-refractivity contribution in [3.8, 4) is 5.75 Å². The number of allylic oxidation sites excluding steroid dienone is 6. The first kappa shape index (κ1) is 25.5. The van der Waals surface area contributed by atoms with Gasteiger partial charge in [-0.3, -0.25) is 10.1 Å². The highest BCUT2D eigenvalue weighted by Crippen LogP contribution is 2.36. The van der Waals surface area contributed by atoms with Gasteiger partial charge >= 0.3 is 6.18 Å². The first-order valence-corrected chi connectivity index (χ1v) is 11.5. The molecule has 0 fully saturated rings. The third-order valence-electron chi connectivity index (χ3n) is 4.99. The predicted octanol–water partition coefficient (Wildman–Crippen LogP) is 8.24. The minimum absolute atomic E-state index is 0.0772. The molecule has 1 heterocycles. The van der Waals surface area contributed by atoms with E-state index in [-0.39, 0.29) is 26.2 Å². The van der Waals surface area contributed by atoms with Crippen molar-refractivity contribution in [2.24, 2.45) is 0 Å². The van der Waals surface area contributed by atoms with Gasteiger partial charge in [-0.1, -0.05) is 59.7 Å². The average molecular weight is 507 g/mol. The molecule has 3 aromatic rings. The molecule has 2 N–H and O–H groups in total. The number of hydrogen-bond donors (Lipinski definition) is 2. The maximum absolute atomic E-state index is 13.0. The van der Waals surface area contributed by atoms with Crippen LogP contribution in [0.15, 0.2) is 60.2 Å². The van der Waals surface area contributed by atoms with Gasteiger partial charge < -0.3 is 5.11 Å². The Morgan fingerprint density at radius 1 is 1.24 bits per heavy atom. The summed E-state index contributed by atoms with van der Waals surface area (Å²) in [7, 11) is 0. The lowest BCUT2D eigenvalue weighted by molar-refractivity contribution is -0.137. The summed E-state index contributed by atoms with van der Waals surface area (Å²) in [6, 6.07) is 6.07. The number of phenolic OH excluding ortho intramolecular Hbond substituents is 1. The van der Waals surface area contributed by atoms with Gasteiger partial charge in [-0.25, -0.2) is 4.98 Å².